The number of aliphatic hydroxyl groups is 3. The second kappa shape index (κ2) is 21.5. The van der Waals surface area contributed by atoms with Gasteiger partial charge in [0.1, 0.15) is 0 Å². The Morgan fingerprint density at radius 2 is 1.00 bits per heavy atom. The quantitative estimate of drug-likeness (QED) is 0.328. The maximum atomic E-state index is 11.7. The van der Waals surface area contributed by atoms with E-state index in [-0.39, 0.29) is 44.2 Å². The van der Waals surface area contributed by atoms with E-state index in [4.69, 9.17) is 15.3 Å². The molecule has 0 aliphatic carbocycles. The Morgan fingerprint density at radius 3 is 1.10 bits per heavy atom. The zero-order chi connectivity index (χ0) is 15.8. The molecule has 0 spiro atoms. The second-order valence-electron chi connectivity index (χ2n) is 4.71. The standard InChI is InChI=1S/C5H6FSi.3C3H8O.Hf/c6-7-5-3-1-2-4-5;3*1-3(2)4;/h1-4H,7H2;3*3-4H,1-2H3;/q-1;;;;. The summed E-state index contributed by atoms with van der Waals surface area (Å²) in [6.07, 6.45) is -0.500. The first-order chi connectivity index (χ1) is 8.63. The fourth-order valence-corrected chi connectivity index (χ4v) is 0.953. The Balaban J connectivity index is -0.0000000881. The van der Waals surface area contributed by atoms with Crippen molar-refractivity contribution in [2.24, 2.45) is 0 Å². The summed E-state index contributed by atoms with van der Waals surface area (Å²) >= 11 is 0. The van der Waals surface area contributed by atoms with E-state index in [1.807, 2.05) is 24.3 Å². The summed E-state index contributed by atoms with van der Waals surface area (Å²) in [5.74, 6) is 0. The van der Waals surface area contributed by atoms with Crippen molar-refractivity contribution < 1.29 is 45.3 Å². The fourth-order valence-electron chi connectivity index (χ4n) is 0.503. The van der Waals surface area contributed by atoms with Gasteiger partial charge in [-0.05, 0) is 41.5 Å². The molecule has 0 radical (unpaired) electrons. The summed E-state index contributed by atoms with van der Waals surface area (Å²) in [5.41, 5.74) is 0. The Labute approximate surface area is 144 Å². The third-order valence-corrected chi connectivity index (χ3v) is 1.67. The van der Waals surface area contributed by atoms with E-state index in [0.717, 1.165) is 5.19 Å². The van der Waals surface area contributed by atoms with Crippen LogP contribution in [0.5, 0.6) is 0 Å². The minimum absolute atomic E-state index is 0. The van der Waals surface area contributed by atoms with Crippen molar-refractivity contribution in [1.29, 1.82) is 0 Å². The number of hydrogen-bond acceptors (Lipinski definition) is 3. The van der Waals surface area contributed by atoms with Gasteiger partial charge in [-0.25, -0.2) is 12.1 Å². The normalized spacial score (nSPS) is 9.25. The minimum Gasteiger partial charge on any atom is -0.394 e. The summed E-state index contributed by atoms with van der Waals surface area (Å²) in [6.45, 7) is 10.3. The molecule has 20 heavy (non-hydrogen) atoms. The first-order valence-electron chi connectivity index (χ1n) is 6.44. The second-order valence-corrected chi connectivity index (χ2v) is 5.79. The molecular formula is C14H30FHfO3Si-. The molecule has 3 nitrogen and oxygen atoms in total. The van der Waals surface area contributed by atoms with Crippen LogP contribution >= 0.6 is 0 Å². The number of halogens is 1. The van der Waals surface area contributed by atoms with Gasteiger partial charge >= 0.3 is 0 Å². The van der Waals surface area contributed by atoms with Gasteiger partial charge in [0, 0.05) is 44.2 Å². The summed E-state index contributed by atoms with van der Waals surface area (Å²) in [7, 11) is -1.37. The smallest absolute Gasteiger partial charge is 0.189 e. The van der Waals surface area contributed by atoms with E-state index in [1.165, 1.54) is 0 Å². The van der Waals surface area contributed by atoms with Gasteiger partial charge in [-0.1, -0.05) is 0 Å². The number of aliphatic hydroxyl groups excluding tert-OH is 3. The molecule has 0 bridgehead atoms. The van der Waals surface area contributed by atoms with Crippen molar-refractivity contribution in [3.8, 4) is 0 Å². The molecule has 1 rings (SSSR count). The molecule has 1 aromatic carbocycles. The summed E-state index contributed by atoms with van der Waals surface area (Å²) in [5, 5.41) is 25.1. The zero-order valence-corrected chi connectivity index (χ0v) is 18.5. The molecule has 0 aliphatic rings. The topological polar surface area (TPSA) is 60.7 Å². The summed E-state index contributed by atoms with van der Waals surface area (Å²) in [6, 6.07) is 7.38. The molecule has 120 valence electrons. The van der Waals surface area contributed by atoms with Gasteiger partial charge in [0.25, 0.3) is 0 Å². The van der Waals surface area contributed by atoms with Crippen LogP contribution < -0.4 is 5.19 Å². The third kappa shape index (κ3) is 63.5. The Morgan fingerprint density at radius 1 is 0.800 bits per heavy atom. The fraction of sp³-hybridized carbons (Fsp3) is 0.643. The molecule has 0 saturated carbocycles. The Kier molecular flexibility index (Phi) is 30.6. The van der Waals surface area contributed by atoms with Crippen LogP contribution in [0.1, 0.15) is 41.5 Å². The molecular weight excluding hydrogens is 442 g/mol. The molecule has 0 saturated heterocycles. The van der Waals surface area contributed by atoms with E-state index in [2.05, 4.69) is 0 Å². The molecule has 0 unspecified atom stereocenters. The van der Waals surface area contributed by atoms with Crippen LogP contribution in [0, 0.1) is 0 Å². The van der Waals surface area contributed by atoms with Gasteiger partial charge in [-0.3, -0.25) is 0 Å². The predicted molar refractivity (Wildman–Crippen MR) is 83.4 cm³/mol. The van der Waals surface area contributed by atoms with Gasteiger partial charge in [0.05, 0.1) is 0 Å². The first kappa shape index (κ1) is 28.4. The SMILES string of the molecule is CC(C)O.CC(C)O.CC(C)O.F[SiH2][c-]1cccc1.[Hf]. The molecule has 3 N–H and O–H groups in total. The minimum atomic E-state index is -1.37. The maximum Gasteiger partial charge on any atom is 0.189 e. The predicted octanol–water partition coefficient (Wildman–Crippen LogP) is 1.24. The number of hydrogen-bond donors (Lipinski definition) is 3. The van der Waals surface area contributed by atoms with Crippen molar-refractivity contribution >= 4 is 15.0 Å². The number of rotatable bonds is 1. The van der Waals surface area contributed by atoms with E-state index in [9.17, 15) is 4.11 Å². The monoisotopic (exact) mass is 473 g/mol. The van der Waals surface area contributed by atoms with Crippen LogP contribution in [-0.2, 0) is 25.8 Å². The van der Waals surface area contributed by atoms with E-state index in [1.54, 1.807) is 41.5 Å². The average molecular weight is 472 g/mol. The van der Waals surface area contributed by atoms with Crippen molar-refractivity contribution in [2.75, 3.05) is 0 Å². The molecule has 0 atom stereocenters. The van der Waals surface area contributed by atoms with Crippen LogP contribution in [0.3, 0.4) is 0 Å². The van der Waals surface area contributed by atoms with Crippen molar-refractivity contribution in [2.45, 2.75) is 59.9 Å². The van der Waals surface area contributed by atoms with Crippen molar-refractivity contribution in [1.82, 2.24) is 0 Å². The van der Waals surface area contributed by atoms with Gasteiger partial charge in [-0.2, -0.15) is 12.1 Å². The van der Waals surface area contributed by atoms with Gasteiger partial charge < -0.3 is 19.4 Å². The molecule has 0 amide bonds. The van der Waals surface area contributed by atoms with Gasteiger partial charge in [0.2, 0.25) is 0 Å². The van der Waals surface area contributed by atoms with Gasteiger partial charge in [-0.15, -0.1) is 5.19 Å². The van der Waals surface area contributed by atoms with E-state index < -0.39 is 9.85 Å². The van der Waals surface area contributed by atoms with Gasteiger partial charge in [0.15, 0.2) is 9.85 Å². The third-order valence-electron chi connectivity index (χ3n) is 0.886. The van der Waals surface area contributed by atoms with E-state index in [0.29, 0.717) is 0 Å². The first-order valence-corrected chi connectivity index (χ1v) is 7.68. The van der Waals surface area contributed by atoms with Crippen LogP contribution in [0.2, 0.25) is 0 Å². The molecule has 0 aromatic heterocycles. The van der Waals surface area contributed by atoms with Crippen LogP contribution in [0.25, 0.3) is 0 Å². The summed E-state index contributed by atoms with van der Waals surface area (Å²) in [4.78, 5) is 0. The maximum absolute atomic E-state index is 11.7. The van der Waals surface area contributed by atoms with Crippen LogP contribution in [-0.4, -0.2) is 43.5 Å². The average Bonchev–Trinajstić information content (AvgIpc) is 2.66. The molecule has 1 aromatic rings. The van der Waals surface area contributed by atoms with Crippen molar-refractivity contribution in [3.63, 3.8) is 0 Å². The van der Waals surface area contributed by atoms with Crippen molar-refractivity contribution in [3.05, 3.63) is 24.3 Å². The molecule has 0 fully saturated rings. The van der Waals surface area contributed by atoms with E-state index >= 15 is 0 Å². The molecule has 0 aliphatic heterocycles. The summed E-state index contributed by atoms with van der Waals surface area (Å²) < 4.78 is 11.7. The Hall–Kier alpha value is 0.247. The molecule has 6 heteroatoms. The zero-order valence-electron chi connectivity index (χ0n) is 13.5. The van der Waals surface area contributed by atoms with Crippen LogP contribution in [0.4, 0.5) is 4.11 Å². The largest absolute Gasteiger partial charge is 0.394 e. The Bertz CT molecular complexity index is 220. The molecule has 0 heterocycles. The van der Waals surface area contributed by atoms with Crippen LogP contribution in [0.15, 0.2) is 24.3 Å².